The van der Waals surface area contributed by atoms with Crippen LogP contribution in [0, 0.1) is 0 Å². The summed E-state index contributed by atoms with van der Waals surface area (Å²) in [4.78, 5) is 0. The molecule has 104 valence electrons. The molecule has 0 saturated heterocycles. The van der Waals surface area contributed by atoms with Crippen LogP contribution in [0.4, 0.5) is 0 Å². The van der Waals surface area contributed by atoms with E-state index in [0.717, 1.165) is 11.6 Å². The lowest BCUT2D eigenvalue weighted by atomic mass is 9.74. The third kappa shape index (κ3) is 2.81. The molecule has 1 N–H and O–H groups in total. The maximum absolute atomic E-state index is 5.92. The summed E-state index contributed by atoms with van der Waals surface area (Å²) in [5.74, 6) is 0.703. The quantitative estimate of drug-likeness (QED) is 0.886. The van der Waals surface area contributed by atoms with Gasteiger partial charge in [-0.05, 0) is 55.7 Å². The van der Waals surface area contributed by atoms with Crippen LogP contribution < -0.4 is 5.32 Å². The first-order chi connectivity index (χ1) is 9.21. The van der Waals surface area contributed by atoms with Gasteiger partial charge < -0.3 is 10.1 Å². The molecule has 0 aliphatic heterocycles. The minimum atomic E-state index is 0.144. The Labute approximate surface area is 120 Å². The highest BCUT2D eigenvalue weighted by Crippen LogP contribution is 2.39. The Bertz CT molecular complexity index is 415. The van der Waals surface area contributed by atoms with Crippen LogP contribution in [0.2, 0.25) is 5.02 Å². The van der Waals surface area contributed by atoms with Gasteiger partial charge in [0.05, 0.1) is 5.60 Å². The average Bonchev–Trinajstić information content (AvgIpc) is 2.32. The van der Waals surface area contributed by atoms with E-state index >= 15 is 0 Å². The van der Waals surface area contributed by atoms with E-state index in [2.05, 4.69) is 17.4 Å². The predicted molar refractivity (Wildman–Crippen MR) is 78.8 cm³/mol. The molecule has 0 aromatic heterocycles. The van der Waals surface area contributed by atoms with Gasteiger partial charge in [-0.2, -0.15) is 0 Å². The molecular formula is C16H22ClNO. The predicted octanol–water partition coefficient (Wildman–Crippen LogP) is 3.74. The fraction of sp³-hybridized carbons (Fsp3) is 0.625. The molecule has 0 spiro atoms. The fourth-order valence-corrected chi connectivity index (χ4v) is 3.27. The molecule has 2 saturated carbocycles. The van der Waals surface area contributed by atoms with E-state index in [9.17, 15) is 0 Å². The van der Waals surface area contributed by atoms with Crippen molar-refractivity contribution in [2.75, 3.05) is 13.7 Å². The van der Waals surface area contributed by atoms with Crippen molar-refractivity contribution in [2.24, 2.45) is 0 Å². The second-order valence-corrected chi connectivity index (χ2v) is 6.47. The summed E-state index contributed by atoms with van der Waals surface area (Å²) in [5, 5.41) is 4.50. The Kier molecular flexibility index (Phi) is 3.84. The summed E-state index contributed by atoms with van der Waals surface area (Å²) < 4.78 is 5.64. The van der Waals surface area contributed by atoms with Crippen LogP contribution in [0.5, 0.6) is 0 Å². The fourth-order valence-electron chi connectivity index (χ4n) is 3.15. The molecule has 1 aromatic rings. The van der Waals surface area contributed by atoms with E-state index in [4.69, 9.17) is 16.3 Å². The van der Waals surface area contributed by atoms with Gasteiger partial charge in [0, 0.05) is 24.7 Å². The molecule has 3 heteroatoms. The Morgan fingerprint density at radius 1 is 1.26 bits per heavy atom. The van der Waals surface area contributed by atoms with E-state index in [1.807, 2.05) is 19.2 Å². The molecule has 0 heterocycles. The van der Waals surface area contributed by atoms with Crippen LogP contribution in [0.1, 0.15) is 43.6 Å². The molecule has 19 heavy (non-hydrogen) atoms. The highest BCUT2D eigenvalue weighted by atomic mass is 35.5. The third-order valence-electron chi connectivity index (χ3n) is 4.89. The van der Waals surface area contributed by atoms with E-state index in [-0.39, 0.29) is 5.60 Å². The van der Waals surface area contributed by atoms with Gasteiger partial charge in [-0.1, -0.05) is 23.7 Å². The highest BCUT2D eigenvalue weighted by molar-refractivity contribution is 6.30. The Balaban J connectivity index is 1.44. The molecule has 0 amide bonds. The lowest BCUT2D eigenvalue weighted by Gasteiger charge is -2.44. The number of methoxy groups -OCH3 is 1. The van der Waals surface area contributed by atoms with Gasteiger partial charge in [-0.15, -0.1) is 0 Å². The zero-order chi connectivity index (χ0) is 13.3. The number of hydrogen-bond acceptors (Lipinski definition) is 2. The lowest BCUT2D eigenvalue weighted by molar-refractivity contribution is -0.0724. The first kappa shape index (κ1) is 13.4. The Hall–Kier alpha value is -0.570. The molecule has 0 radical (unpaired) electrons. The van der Waals surface area contributed by atoms with Gasteiger partial charge in [0.2, 0.25) is 0 Å². The van der Waals surface area contributed by atoms with Crippen LogP contribution >= 0.6 is 11.6 Å². The Morgan fingerprint density at radius 3 is 2.47 bits per heavy atom. The molecule has 2 aliphatic rings. The van der Waals surface area contributed by atoms with Crippen LogP contribution in [-0.4, -0.2) is 25.3 Å². The second kappa shape index (κ2) is 5.43. The highest BCUT2D eigenvalue weighted by Gasteiger charge is 2.38. The SMILES string of the molecule is COC1(CNC2CC(c3ccc(Cl)cc3)C2)CCC1. The van der Waals surface area contributed by atoms with E-state index in [1.165, 1.54) is 37.7 Å². The Morgan fingerprint density at radius 2 is 1.95 bits per heavy atom. The van der Waals surface area contributed by atoms with Crippen molar-refractivity contribution in [1.82, 2.24) is 5.32 Å². The molecule has 0 atom stereocenters. The molecule has 3 rings (SSSR count). The van der Waals surface area contributed by atoms with Gasteiger partial charge in [0.15, 0.2) is 0 Å². The number of hydrogen-bond donors (Lipinski definition) is 1. The lowest BCUT2D eigenvalue weighted by Crippen LogP contribution is -2.52. The third-order valence-corrected chi connectivity index (χ3v) is 5.14. The summed E-state index contributed by atoms with van der Waals surface area (Å²) in [6, 6.07) is 8.96. The van der Waals surface area contributed by atoms with E-state index in [0.29, 0.717) is 12.0 Å². The molecular weight excluding hydrogens is 258 g/mol. The van der Waals surface area contributed by atoms with Crippen molar-refractivity contribution in [3.8, 4) is 0 Å². The van der Waals surface area contributed by atoms with Crippen molar-refractivity contribution in [2.45, 2.75) is 49.7 Å². The summed E-state index contributed by atoms with van der Waals surface area (Å²) in [6.45, 7) is 1.02. The molecule has 2 fully saturated rings. The van der Waals surface area contributed by atoms with Gasteiger partial charge in [0.1, 0.15) is 0 Å². The van der Waals surface area contributed by atoms with Crippen molar-refractivity contribution >= 4 is 11.6 Å². The van der Waals surface area contributed by atoms with E-state index < -0.39 is 0 Å². The van der Waals surface area contributed by atoms with Gasteiger partial charge in [0.25, 0.3) is 0 Å². The molecule has 1 aromatic carbocycles. The van der Waals surface area contributed by atoms with Gasteiger partial charge >= 0.3 is 0 Å². The van der Waals surface area contributed by atoms with Crippen LogP contribution in [0.25, 0.3) is 0 Å². The van der Waals surface area contributed by atoms with Crippen LogP contribution in [-0.2, 0) is 4.74 Å². The summed E-state index contributed by atoms with van der Waals surface area (Å²) >= 11 is 5.92. The smallest absolute Gasteiger partial charge is 0.0802 e. The van der Waals surface area contributed by atoms with E-state index in [1.54, 1.807) is 0 Å². The standard InChI is InChI=1S/C16H22ClNO/c1-19-16(7-2-8-16)11-18-15-9-13(10-15)12-3-5-14(17)6-4-12/h3-6,13,15,18H,2,7-11H2,1H3. The normalized spacial score (nSPS) is 28.5. The zero-order valence-electron chi connectivity index (χ0n) is 11.5. The number of halogens is 1. The second-order valence-electron chi connectivity index (χ2n) is 6.04. The van der Waals surface area contributed by atoms with Crippen LogP contribution in [0.15, 0.2) is 24.3 Å². The molecule has 2 nitrogen and oxygen atoms in total. The van der Waals surface area contributed by atoms with Crippen molar-refractivity contribution < 1.29 is 4.74 Å². The number of ether oxygens (including phenoxy) is 1. The monoisotopic (exact) mass is 279 g/mol. The van der Waals surface area contributed by atoms with Crippen molar-refractivity contribution in [3.63, 3.8) is 0 Å². The molecule has 2 aliphatic carbocycles. The number of benzene rings is 1. The molecule has 0 bridgehead atoms. The first-order valence-electron chi connectivity index (χ1n) is 7.25. The zero-order valence-corrected chi connectivity index (χ0v) is 12.2. The molecule has 0 unspecified atom stereocenters. The summed E-state index contributed by atoms with van der Waals surface area (Å²) in [5.41, 5.74) is 1.57. The summed E-state index contributed by atoms with van der Waals surface area (Å²) in [6.07, 6.45) is 6.21. The average molecular weight is 280 g/mol. The number of rotatable bonds is 5. The number of nitrogens with one attached hydrogen (secondary N) is 1. The van der Waals surface area contributed by atoms with Crippen molar-refractivity contribution in [1.29, 1.82) is 0 Å². The maximum Gasteiger partial charge on any atom is 0.0802 e. The summed E-state index contributed by atoms with van der Waals surface area (Å²) in [7, 11) is 1.85. The van der Waals surface area contributed by atoms with Gasteiger partial charge in [-0.3, -0.25) is 0 Å². The van der Waals surface area contributed by atoms with Crippen LogP contribution in [0.3, 0.4) is 0 Å². The topological polar surface area (TPSA) is 21.3 Å². The minimum absolute atomic E-state index is 0.144. The minimum Gasteiger partial charge on any atom is -0.377 e. The maximum atomic E-state index is 5.92. The van der Waals surface area contributed by atoms with Gasteiger partial charge in [-0.25, -0.2) is 0 Å². The first-order valence-corrected chi connectivity index (χ1v) is 7.63. The van der Waals surface area contributed by atoms with Crippen molar-refractivity contribution in [3.05, 3.63) is 34.9 Å². The largest absolute Gasteiger partial charge is 0.377 e.